The maximum Gasteiger partial charge on any atom is 0.317 e. The number of esters is 1. The van der Waals surface area contributed by atoms with E-state index in [0.717, 1.165) is 26.6 Å². The highest BCUT2D eigenvalue weighted by Gasteiger charge is 2.41. The summed E-state index contributed by atoms with van der Waals surface area (Å²) in [6, 6.07) is 30.4. The predicted molar refractivity (Wildman–Crippen MR) is 115 cm³/mol. The highest BCUT2D eigenvalue weighted by atomic mass is 32.1. The van der Waals surface area contributed by atoms with Crippen molar-refractivity contribution >= 4 is 17.3 Å². The Balaban J connectivity index is 1.61. The van der Waals surface area contributed by atoms with Gasteiger partial charge in [-0.25, -0.2) is 4.98 Å². The first kappa shape index (κ1) is 17.8. The van der Waals surface area contributed by atoms with E-state index in [4.69, 9.17) is 4.74 Å². The van der Waals surface area contributed by atoms with Gasteiger partial charge in [-0.1, -0.05) is 91.0 Å². The number of benzene rings is 3. The molecule has 1 aliphatic rings. The van der Waals surface area contributed by atoms with Gasteiger partial charge in [0, 0.05) is 11.5 Å². The molecule has 4 heteroatoms. The molecule has 142 valence electrons. The Labute approximate surface area is 173 Å². The number of aromatic nitrogens is 1. The molecule has 5 rings (SSSR count). The van der Waals surface area contributed by atoms with Crippen molar-refractivity contribution in [3.63, 3.8) is 0 Å². The van der Waals surface area contributed by atoms with Gasteiger partial charge in [0.05, 0.1) is 10.8 Å². The summed E-state index contributed by atoms with van der Waals surface area (Å²) in [6.45, 7) is 0. The van der Waals surface area contributed by atoms with Gasteiger partial charge in [-0.3, -0.25) is 4.79 Å². The zero-order valence-electron chi connectivity index (χ0n) is 15.7. The van der Waals surface area contributed by atoms with Crippen molar-refractivity contribution < 1.29 is 9.53 Å². The molecule has 3 nitrogen and oxygen atoms in total. The third-order valence-corrected chi connectivity index (χ3v) is 6.45. The fourth-order valence-electron chi connectivity index (χ4n) is 3.89. The molecule has 0 saturated heterocycles. The molecular formula is C25H19NO2S. The minimum Gasteiger partial charge on any atom is -0.406 e. The van der Waals surface area contributed by atoms with Crippen molar-refractivity contribution in [3.05, 3.63) is 107 Å². The number of carbonyl (C=O) groups excluding carboxylic acids is 1. The topological polar surface area (TPSA) is 39.2 Å². The minimum absolute atomic E-state index is 0.0670. The van der Waals surface area contributed by atoms with E-state index in [0.29, 0.717) is 12.3 Å². The predicted octanol–water partition coefficient (Wildman–Crippen LogP) is 5.72. The summed E-state index contributed by atoms with van der Waals surface area (Å²) in [5, 5.41) is 0.879. The summed E-state index contributed by atoms with van der Waals surface area (Å²) in [5.74, 6) is -0.101. The maximum absolute atomic E-state index is 13.0. The summed E-state index contributed by atoms with van der Waals surface area (Å²) >= 11 is 1.62. The van der Waals surface area contributed by atoms with Gasteiger partial charge in [0.25, 0.3) is 0 Å². The molecule has 0 bridgehead atoms. The number of ether oxygens (including phenoxy) is 1. The van der Waals surface area contributed by atoms with Gasteiger partial charge in [0.1, 0.15) is 5.01 Å². The monoisotopic (exact) mass is 397 g/mol. The van der Waals surface area contributed by atoms with E-state index < -0.39 is 0 Å². The normalized spacial score (nSPS) is 18.1. The molecule has 0 amide bonds. The number of hydrogen-bond donors (Lipinski definition) is 0. The summed E-state index contributed by atoms with van der Waals surface area (Å²) in [6.07, 6.45) is 0.636. The lowest BCUT2D eigenvalue weighted by atomic mass is 9.80. The van der Waals surface area contributed by atoms with Crippen LogP contribution in [0.1, 0.15) is 21.9 Å². The number of hydrogen-bond acceptors (Lipinski definition) is 4. The van der Waals surface area contributed by atoms with E-state index in [1.54, 1.807) is 11.3 Å². The average molecular weight is 397 g/mol. The number of fused-ring (bicyclic) bond motifs is 1. The quantitative estimate of drug-likeness (QED) is 0.414. The summed E-state index contributed by atoms with van der Waals surface area (Å²) in [7, 11) is 0. The van der Waals surface area contributed by atoms with Crippen LogP contribution < -0.4 is 4.74 Å². The van der Waals surface area contributed by atoms with Crippen molar-refractivity contribution in [2.75, 3.05) is 0 Å². The lowest BCUT2D eigenvalue weighted by Gasteiger charge is -2.29. The lowest BCUT2D eigenvalue weighted by molar-refractivity contribution is -0.140. The average Bonchev–Trinajstić information content (AvgIpc) is 3.19. The van der Waals surface area contributed by atoms with Crippen LogP contribution in [0.5, 0.6) is 5.88 Å². The van der Waals surface area contributed by atoms with Gasteiger partial charge in [0.15, 0.2) is 0 Å². The molecule has 4 aromatic rings. The van der Waals surface area contributed by atoms with Crippen molar-refractivity contribution in [2.45, 2.75) is 12.3 Å². The van der Waals surface area contributed by atoms with Crippen molar-refractivity contribution in [1.29, 1.82) is 0 Å². The largest absolute Gasteiger partial charge is 0.406 e. The van der Waals surface area contributed by atoms with Gasteiger partial charge in [-0.05, 0) is 17.5 Å². The lowest BCUT2D eigenvalue weighted by Crippen LogP contribution is -2.33. The molecule has 2 heterocycles. The van der Waals surface area contributed by atoms with E-state index in [9.17, 15) is 4.79 Å². The van der Waals surface area contributed by atoms with E-state index >= 15 is 0 Å². The van der Waals surface area contributed by atoms with Gasteiger partial charge in [-0.15, -0.1) is 11.3 Å². The van der Waals surface area contributed by atoms with E-state index in [2.05, 4.69) is 29.2 Å². The molecule has 0 aliphatic carbocycles. The van der Waals surface area contributed by atoms with Crippen LogP contribution in [0.3, 0.4) is 0 Å². The molecule has 3 aromatic carbocycles. The Bertz CT molecular complexity index is 1120. The van der Waals surface area contributed by atoms with Crippen LogP contribution in [0.15, 0.2) is 91.0 Å². The highest BCUT2D eigenvalue weighted by molar-refractivity contribution is 7.15. The van der Waals surface area contributed by atoms with Gasteiger partial charge in [0.2, 0.25) is 5.88 Å². The Morgan fingerprint density at radius 3 is 2.14 bits per heavy atom. The zero-order chi connectivity index (χ0) is 19.6. The van der Waals surface area contributed by atoms with Crippen LogP contribution in [-0.4, -0.2) is 11.0 Å². The molecule has 0 spiro atoms. The Kier molecular flexibility index (Phi) is 4.70. The van der Waals surface area contributed by atoms with Crippen LogP contribution in [0.25, 0.3) is 10.6 Å². The third-order valence-electron chi connectivity index (χ3n) is 5.28. The molecule has 0 unspecified atom stereocenters. The molecular weight excluding hydrogens is 378 g/mol. The van der Waals surface area contributed by atoms with E-state index in [1.807, 2.05) is 66.7 Å². The Morgan fingerprint density at radius 2 is 1.45 bits per heavy atom. The van der Waals surface area contributed by atoms with Crippen LogP contribution in [0, 0.1) is 5.92 Å². The zero-order valence-corrected chi connectivity index (χ0v) is 16.5. The van der Waals surface area contributed by atoms with Gasteiger partial charge < -0.3 is 4.74 Å². The first-order valence-corrected chi connectivity index (χ1v) is 10.5. The number of carbonyl (C=O) groups is 1. The van der Waals surface area contributed by atoms with Crippen molar-refractivity contribution in [1.82, 2.24) is 4.98 Å². The third kappa shape index (κ3) is 3.47. The maximum atomic E-state index is 13.0. The standard InChI is InChI=1S/C25H19NO2S/c27-25-20(16-17-10-4-1-5-11-17)21(18-12-6-2-7-13-18)22-23(28-25)26-24(29-22)19-14-8-3-9-15-19/h1-15,20-21H,16H2/t20-,21+/m0/s1. The number of nitrogens with zero attached hydrogens (tertiary/aromatic N) is 1. The van der Waals surface area contributed by atoms with Crippen LogP contribution in [0.4, 0.5) is 0 Å². The van der Waals surface area contributed by atoms with Crippen molar-refractivity contribution in [2.24, 2.45) is 5.92 Å². The summed E-state index contributed by atoms with van der Waals surface area (Å²) < 4.78 is 5.73. The van der Waals surface area contributed by atoms with Gasteiger partial charge >= 0.3 is 5.97 Å². The first-order valence-electron chi connectivity index (χ1n) is 9.66. The highest BCUT2D eigenvalue weighted by Crippen LogP contribution is 2.47. The Morgan fingerprint density at radius 1 is 0.828 bits per heavy atom. The molecule has 0 N–H and O–H groups in total. The molecule has 0 saturated carbocycles. The van der Waals surface area contributed by atoms with E-state index in [1.165, 1.54) is 0 Å². The van der Waals surface area contributed by atoms with Gasteiger partial charge in [-0.2, -0.15) is 0 Å². The number of thiazole rings is 1. The SMILES string of the molecule is O=C1Oc2nc(-c3ccccc3)sc2[C@H](c2ccccc2)[C@@H]1Cc1ccccc1. The van der Waals surface area contributed by atoms with Crippen LogP contribution >= 0.6 is 11.3 Å². The van der Waals surface area contributed by atoms with Crippen LogP contribution in [-0.2, 0) is 11.2 Å². The number of rotatable bonds is 4. The molecule has 0 fully saturated rings. The molecule has 1 aliphatic heterocycles. The summed E-state index contributed by atoms with van der Waals surface area (Å²) in [5.41, 5.74) is 3.29. The molecule has 2 atom stereocenters. The molecule has 1 aromatic heterocycles. The second kappa shape index (κ2) is 7.64. The fraction of sp³-hybridized carbons (Fsp3) is 0.120. The minimum atomic E-state index is -0.281. The van der Waals surface area contributed by atoms with Crippen molar-refractivity contribution in [3.8, 4) is 16.5 Å². The Hall–Kier alpha value is -3.24. The fourth-order valence-corrected chi connectivity index (χ4v) is 5.09. The second-order valence-electron chi connectivity index (χ2n) is 7.16. The van der Waals surface area contributed by atoms with Crippen LogP contribution in [0.2, 0.25) is 0 Å². The van der Waals surface area contributed by atoms with E-state index in [-0.39, 0.29) is 17.8 Å². The first-order chi connectivity index (χ1) is 14.3. The second-order valence-corrected chi connectivity index (χ2v) is 8.19. The molecule has 0 radical (unpaired) electrons. The smallest absolute Gasteiger partial charge is 0.317 e. The molecule has 29 heavy (non-hydrogen) atoms. The summed E-state index contributed by atoms with van der Waals surface area (Å²) in [4.78, 5) is 18.7.